The van der Waals surface area contributed by atoms with E-state index in [-0.39, 0.29) is 29.8 Å². The molecule has 9 aliphatic rings. The molecule has 5 saturated heterocycles. The highest BCUT2D eigenvalue weighted by Gasteiger charge is 2.69. The number of aliphatic hydroxyl groups excluding tert-OH is 10. The third kappa shape index (κ3) is 7.39. The lowest BCUT2D eigenvalue weighted by Gasteiger charge is -2.60. The summed E-state index contributed by atoms with van der Waals surface area (Å²) in [5, 5.41) is 108. The largest absolute Gasteiger partial charge is 0.394 e. The van der Waals surface area contributed by atoms with Crippen LogP contribution in [0.1, 0.15) is 79.1 Å². The molecule has 3 saturated carbocycles. The van der Waals surface area contributed by atoms with Gasteiger partial charge in [-0.1, -0.05) is 39.3 Å². The molecule has 354 valence electrons. The van der Waals surface area contributed by atoms with Crippen LogP contribution < -0.4 is 0 Å². The Morgan fingerprint density at radius 3 is 2.13 bits per heavy atom. The van der Waals surface area contributed by atoms with Gasteiger partial charge in [0.15, 0.2) is 24.7 Å². The Hall–Kier alpha value is -0.980. The molecule has 0 unspecified atom stereocenters. The van der Waals surface area contributed by atoms with Crippen LogP contribution in [0.5, 0.6) is 0 Å². The van der Waals surface area contributed by atoms with Crippen molar-refractivity contribution in [2.75, 3.05) is 26.4 Å². The minimum Gasteiger partial charge on any atom is -0.394 e. The zero-order chi connectivity index (χ0) is 44.2. The normalized spacial score (nSPS) is 57.6. The number of hydrogen-bond acceptors (Lipinski definition) is 18. The van der Waals surface area contributed by atoms with Gasteiger partial charge in [0.05, 0.1) is 44.7 Å². The Labute approximate surface area is 362 Å². The summed E-state index contributed by atoms with van der Waals surface area (Å²) in [4.78, 5) is 0. The van der Waals surface area contributed by atoms with E-state index in [1.165, 1.54) is 0 Å². The zero-order valence-electron chi connectivity index (χ0n) is 36.1. The van der Waals surface area contributed by atoms with Gasteiger partial charge >= 0.3 is 0 Å². The van der Waals surface area contributed by atoms with E-state index in [0.29, 0.717) is 36.7 Å². The summed E-state index contributed by atoms with van der Waals surface area (Å²) in [6.07, 6.45) is -15.4. The van der Waals surface area contributed by atoms with Crippen LogP contribution in [-0.2, 0) is 37.9 Å². The van der Waals surface area contributed by atoms with Crippen molar-refractivity contribution < 1.29 is 89.0 Å². The lowest BCUT2D eigenvalue weighted by molar-refractivity contribution is -0.387. The van der Waals surface area contributed by atoms with E-state index >= 15 is 0 Å². The molecule has 8 fully saturated rings. The highest BCUT2D eigenvalue weighted by atomic mass is 16.8. The second-order valence-corrected chi connectivity index (χ2v) is 20.7. The van der Waals surface area contributed by atoms with Gasteiger partial charge in [-0.05, 0) is 73.5 Å². The fourth-order valence-electron chi connectivity index (χ4n) is 13.9. The lowest BCUT2D eigenvalue weighted by atomic mass is 9.46. The molecule has 62 heavy (non-hydrogen) atoms. The fraction of sp³-hybridized carbons (Fsp3) is 0.955. The van der Waals surface area contributed by atoms with E-state index in [1.807, 2.05) is 0 Å². The maximum atomic E-state index is 11.6. The van der Waals surface area contributed by atoms with Crippen molar-refractivity contribution in [1.29, 1.82) is 0 Å². The molecule has 18 nitrogen and oxygen atoms in total. The summed E-state index contributed by atoms with van der Waals surface area (Å²) >= 11 is 0. The van der Waals surface area contributed by atoms with Gasteiger partial charge in [-0.3, -0.25) is 0 Å². The molecular weight excluding hydrogens is 816 g/mol. The molecule has 18 heteroatoms. The van der Waals surface area contributed by atoms with Crippen molar-refractivity contribution in [3.05, 3.63) is 11.6 Å². The topological polar surface area (TPSA) is 276 Å². The van der Waals surface area contributed by atoms with Crippen molar-refractivity contribution in [3.8, 4) is 0 Å². The average Bonchev–Trinajstić information content (AvgIpc) is 3.69. The van der Waals surface area contributed by atoms with Gasteiger partial charge in [-0.25, -0.2) is 0 Å². The van der Waals surface area contributed by atoms with Gasteiger partial charge < -0.3 is 89.0 Å². The molecule has 5 heterocycles. The second-order valence-electron chi connectivity index (χ2n) is 20.7. The van der Waals surface area contributed by atoms with Crippen LogP contribution in [0.2, 0.25) is 0 Å². The predicted octanol–water partition coefficient (Wildman–Crippen LogP) is -1.20. The summed E-state index contributed by atoms with van der Waals surface area (Å²) < 4.78 is 49.6. The predicted molar refractivity (Wildman–Crippen MR) is 211 cm³/mol. The minimum absolute atomic E-state index is 0.0398. The maximum Gasteiger partial charge on any atom is 0.187 e. The molecule has 0 aromatic carbocycles. The zero-order valence-corrected chi connectivity index (χ0v) is 36.1. The van der Waals surface area contributed by atoms with Crippen molar-refractivity contribution >= 4 is 0 Å². The van der Waals surface area contributed by atoms with E-state index in [2.05, 4.69) is 33.8 Å². The third-order valence-corrected chi connectivity index (χ3v) is 17.4. The van der Waals surface area contributed by atoms with E-state index in [4.69, 9.17) is 37.9 Å². The molecule has 4 aliphatic carbocycles. The molecule has 26 atom stereocenters. The van der Waals surface area contributed by atoms with Gasteiger partial charge in [0.1, 0.15) is 67.1 Å². The smallest absolute Gasteiger partial charge is 0.187 e. The van der Waals surface area contributed by atoms with Gasteiger partial charge in [-0.2, -0.15) is 0 Å². The van der Waals surface area contributed by atoms with E-state index in [9.17, 15) is 51.1 Å². The third-order valence-electron chi connectivity index (χ3n) is 17.4. The second kappa shape index (κ2) is 17.3. The average molecular weight is 887 g/mol. The summed E-state index contributed by atoms with van der Waals surface area (Å²) in [7, 11) is 0. The Morgan fingerprint density at radius 1 is 0.710 bits per heavy atom. The number of rotatable bonds is 8. The maximum absolute atomic E-state index is 11.6. The lowest BCUT2D eigenvalue weighted by Crippen LogP contribution is -2.67. The highest BCUT2D eigenvalue weighted by Crippen LogP contribution is 2.71. The van der Waals surface area contributed by atoms with Gasteiger partial charge in [0, 0.05) is 24.2 Å². The van der Waals surface area contributed by atoms with Crippen LogP contribution in [0.25, 0.3) is 0 Å². The molecular formula is C44H70O18. The first kappa shape index (κ1) is 46.1. The van der Waals surface area contributed by atoms with E-state index < -0.39 is 129 Å². The SMILES string of the molecule is C[C@@H]1CC[C@]2(OC1)O[C@@H]1C[C@H]3[C@H]4CC=C5C[C@@H](O)C[C@@H](O[C@@H]6O[C@@H](CO)[C@H](O)[C@H](O)[C@H]6O[C@@H]6O[C@H](CO)[C@@H](O)[C@H](O[C@@H]7OC[C@@H](O)[C@H](O)[C@@H]7O)[C@H]6O)[C@]5(C)[C@H]4CC[C@@]3(C)[C@@H]1[C@@H]2C. The van der Waals surface area contributed by atoms with Crippen LogP contribution in [-0.4, -0.2) is 188 Å². The van der Waals surface area contributed by atoms with Crippen molar-refractivity contribution in [3.63, 3.8) is 0 Å². The van der Waals surface area contributed by atoms with Gasteiger partial charge in [0.2, 0.25) is 0 Å². The molecule has 10 N–H and O–H groups in total. The Kier molecular flexibility index (Phi) is 12.9. The Balaban J connectivity index is 0.963. The molecule has 9 rings (SSSR count). The molecule has 1 spiro atoms. The van der Waals surface area contributed by atoms with E-state index in [1.54, 1.807) is 0 Å². The summed E-state index contributed by atoms with van der Waals surface area (Å²) in [6, 6.07) is 0. The number of hydrogen-bond donors (Lipinski definition) is 10. The first-order chi connectivity index (χ1) is 29.4. The van der Waals surface area contributed by atoms with Crippen LogP contribution in [0.4, 0.5) is 0 Å². The van der Waals surface area contributed by atoms with E-state index in [0.717, 1.165) is 44.1 Å². The number of fused-ring (bicyclic) bond motifs is 7. The first-order valence-corrected chi connectivity index (χ1v) is 23.0. The number of ether oxygens (including phenoxy) is 8. The highest BCUT2D eigenvalue weighted by molar-refractivity contribution is 5.29. The first-order valence-electron chi connectivity index (χ1n) is 23.0. The van der Waals surface area contributed by atoms with Crippen LogP contribution in [0.3, 0.4) is 0 Å². The Bertz CT molecular complexity index is 1610. The van der Waals surface area contributed by atoms with Crippen LogP contribution in [0.15, 0.2) is 11.6 Å². The quantitative estimate of drug-likeness (QED) is 0.128. The molecule has 0 aromatic heterocycles. The monoisotopic (exact) mass is 886 g/mol. The van der Waals surface area contributed by atoms with Gasteiger partial charge in [-0.15, -0.1) is 0 Å². The number of allylic oxidation sites excluding steroid dienone is 1. The minimum atomic E-state index is -1.88. The summed E-state index contributed by atoms with van der Waals surface area (Å²) in [5.74, 6) is 1.46. The molecule has 5 aliphatic heterocycles. The summed E-state index contributed by atoms with van der Waals surface area (Å²) in [5.41, 5.74) is 0.532. The van der Waals surface area contributed by atoms with Crippen molar-refractivity contribution in [2.45, 2.75) is 189 Å². The van der Waals surface area contributed by atoms with Gasteiger partial charge in [0.25, 0.3) is 0 Å². The molecule has 0 bridgehead atoms. The fourth-order valence-corrected chi connectivity index (χ4v) is 13.9. The summed E-state index contributed by atoms with van der Waals surface area (Å²) in [6.45, 7) is 8.03. The number of aliphatic hydroxyl groups is 10. The molecule has 0 aromatic rings. The van der Waals surface area contributed by atoms with Crippen LogP contribution >= 0.6 is 0 Å². The molecule has 0 amide bonds. The molecule has 0 radical (unpaired) electrons. The van der Waals surface area contributed by atoms with Crippen molar-refractivity contribution in [2.24, 2.45) is 46.3 Å². The van der Waals surface area contributed by atoms with Crippen molar-refractivity contribution in [1.82, 2.24) is 0 Å². The Morgan fingerprint density at radius 2 is 1.42 bits per heavy atom. The van der Waals surface area contributed by atoms with Crippen LogP contribution in [0, 0.1) is 46.3 Å². The standard InChI is InChI=1S/C44H70O18/c1-18-7-10-44(56-16-18)19(2)30-26(62-44)13-24-22-6-5-20-11-21(47)12-29(43(20,4)23(22)8-9-42(24,30)3)59-41-38(34(52)32(50)27(14-45)58-41)61-40-36(54)37(33(51)28(15-46)57-40)60-39-35(53)31(49)25(48)17-55-39/h5,18-19,21-41,45-54H,6-17H2,1-4H3/t18-,19+,21-,22+,23+,24+,25-,26-,27+,28-,29-,30-,31+,32+,33-,34+,35+,36-,37+,38-,39+,40+,41+,42-,43+,44+/m1/s1.